The van der Waals surface area contributed by atoms with Crippen molar-refractivity contribution >= 4 is 24.4 Å². The van der Waals surface area contributed by atoms with E-state index in [0.717, 1.165) is 11.1 Å². The van der Waals surface area contributed by atoms with E-state index < -0.39 is 11.9 Å². The van der Waals surface area contributed by atoms with E-state index in [-0.39, 0.29) is 5.25 Å². The molecular formula is C23H32N2O5S. The van der Waals surface area contributed by atoms with Gasteiger partial charge >= 0.3 is 5.97 Å². The number of nitrogens with two attached hydrogens (primary N) is 1. The summed E-state index contributed by atoms with van der Waals surface area (Å²) >= 11 is 4.62. The number of aromatic nitrogens is 1. The number of nitrogen functional groups attached to an aromatic ring is 1. The summed E-state index contributed by atoms with van der Waals surface area (Å²) in [5.41, 5.74) is 7.41. The molecule has 1 heterocycles. The van der Waals surface area contributed by atoms with E-state index in [0.29, 0.717) is 62.1 Å². The number of thiol groups is 1. The molecule has 3 N–H and O–H groups in total. The zero-order chi connectivity index (χ0) is 22.8. The molecule has 170 valence electrons. The van der Waals surface area contributed by atoms with Crippen LogP contribution in [0.5, 0.6) is 17.2 Å². The van der Waals surface area contributed by atoms with Crippen molar-refractivity contribution in [1.82, 2.24) is 4.98 Å². The number of benzene rings is 1. The molecule has 2 rings (SSSR count). The van der Waals surface area contributed by atoms with Gasteiger partial charge in [-0.1, -0.05) is 6.07 Å². The predicted octanol–water partition coefficient (Wildman–Crippen LogP) is 4.03. The number of pyridine rings is 1. The van der Waals surface area contributed by atoms with Gasteiger partial charge in [0, 0.05) is 11.4 Å². The van der Waals surface area contributed by atoms with E-state index in [4.69, 9.17) is 19.9 Å². The predicted molar refractivity (Wildman–Crippen MR) is 125 cm³/mol. The number of carboxylic acid groups (broad SMARTS) is 1. The highest BCUT2D eigenvalue weighted by atomic mass is 32.1. The van der Waals surface area contributed by atoms with Gasteiger partial charge in [0.15, 0.2) is 11.5 Å². The number of carboxylic acids is 1. The van der Waals surface area contributed by atoms with Crippen molar-refractivity contribution < 1.29 is 24.1 Å². The maximum Gasteiger partial charge on any atom is 0.307 e. The van der Waals surface area contributed by atoms with Gasteiger partial charge in [-0.25, -0.2) is 4.98 Å². The van der Waals surface area contributed by atoms with Crippen LogP contribution in [0.3, 0.4) is 0 Å². The van der Waals surface area contributed by atoms with Gasteiger partial charge in [-0.15, -0.1) is 0 Å². The maximum absolute atomic E-state index is 11.9. The van der Waals surface area contributed by atoms with Gasteiger partial charge in [-0.05, 0) is 69.4 Å². The second-order valence-electron chi connectivity index (χ2n) is 7.07. The highest BCUT2D eigenvalue weighted by Gasteiger charge is 2.26. The van der Waals surface area contributed by atoms with Crippen molar-refractivity contribution in [2.45, 2.75) is 45.3 Å². The highest BCUT2D eigenvalue weighted by molar-refractivity contribution is 7.81. The van der Waals surface area contributed by atoms with Crippen molar-refractivity contribution in [3.05, 3.63) is 41.6 Å². The number of ether oxygens (including phenoxy) is 3. The first kappa shape index (κ1) is 24.7. The molecule has 0 bridgehead atoms. The van der Waals surface area contributed by atoms with Crippen molar-refractivity contribution in [2.24, 2.45) is 5.92 Å². The van der Waals surface area contributed by atoms with E-state index >= 15 is 0 Å². The third kappa shape index (κ3) is 7.24. The van der Waals surface area contributed by atoms with Gasteiger partial charge in [-0.2, -0.15) is 12.6 Å². The summed E-state index contributed by atoms with van der Waals surface area (Å²) in [7, 11) is 0. The van der Waals surface area contributed by atoms with Crippen LogP contribution in [0.25, 0.3) is 0 Å². The minimum absolute atomic E-state index is 0.340. The summed E-state index contributed by atoms with van der Waals surface area (Å²) < 4.78 is 17.3. The summed E-state index contributed by atoms with van der Waals surface area (Å²) in [6, 6.07) is 7.33. The second-order valence-corrected chi connectivity index (χ2v) is 7.73. The molecule has 0 aliphatic heterocycles. The average Bonchev–Trinajstić information content (AvgIpc) is 2.74. The topological polar surface area (TPSA) is 104 Å². The molecule has 0 saturated carbocycles. The van der Waals surface area contributed by atoms with Gasteiger partial charge < -0.3 is 25.1 Å². The molecule has 0 aliphatic rings. The largest absolute Gasteiger partial charge is 0.490 e. The Morgan fingerprint density at radius 3 is 2.16 bits per heavy atom. The Balaban J connectivity index is 2.16. The number of rotatable bonds is 13. The Morgan fingerprint density at radius 2 is 1.68 bits per heavy atom. The summed E-state index contributed by atoms with van der Waals surface area (Å²) in [5.74, 6) is 0.732. The Hall–Kier alpha value is -2.61. The third-order valence-corrected chi connectivity index (χ3v) is 5.40. The molecule has 2 aromatic rings. The smallest absolute Gasteiger partial charge is 0.307 e. The zero-order valence-electron chi connectivity index (χ0n) is 18.3. The molecule has 0 saturated heterocycles. The van der Waals surface area contributed by atoms with E-state index in [1.54, 1.807) is 18.3 Å². The maximum atomic E-state index is 11.9. The first-order valence-electron chi connectivity index (χ1n) is 10.6. The fourth-order valence-electron chi connectivity index (χ4n) is 3.30. The standard InChI is InChI=1S/C23H32N2O5S/c1-4-28-18-12-15(13-19(29-5-2)22(18)30-6-3)7-9-20(31)17(23(26)27)11-16-8-10-21(24)25-14-16/h8,10,12-14,17,20,31H,4-7,9,11H2,1-3H3,(H2,24,25)(H,26,27). The van der Waals surface area contributed by atoms with Gasteiger partial charge in [0.05, 0.1) is 25.7 Å². The number of hydrogen-bond donors (Lipinski definition) is 3. The fourth-order valence-corrected chi connectivity index (χ4v) is 3.66. The Kier molecular flexibility index (Phi) is 9.78. The first-order chi connectivity index (χ1) is 14.9. The lowest BCUT2D eigenvalue weighted by atomic mass is 9.93. The van der Waals surface area contributed by atoms with Crippen LogP contribution in [0, 0.1) is 5.92 Å². The molecule has 1 aromatic carbocycles. The van der Waals surface area contributed by atoms with Crippen LogP contribution in [0.15, 0.2) is 30.5 Å². The van der Waals surface area contributed by atoms with Crippen LogP contribution in [0.1, 0.15) is 38.3 Å². The van der Waals surface area contributed by atoms with Crippen molar-refractivity contribution in [3.8, 4) is 17.2 Å². The molecule has 0 fully saturated rings. The number of aryl methyl sites for hydroxylation is 1. The average molecular weight is 449 g/mol. The van der Waals surface area contributed by atoms with Crippen LogP contribution in [-0.2, 0) is 17.6 Å². The minimum atomic E-state index is -0.881. The highest BCUT2D eigenvalue weighted by Crippen LogP contribution is 2.39. The number of aliphatic carboxylic acids is 1. The molecular weight excluding hydrogens is 416 g/mol. The Morgan fingerprint density at radius 1 is 1.06 bits per heavy atom. The van der Waals surface area contributed by atoms with Gasteiger partial charge in [0.25, 0.3) is 0 Å². The third-order valence-electron chi connectivity index (χ3n) is 4.78. The molecule has 7 nitrogen and oxygen atoms in total. The molecule has 0 radical (unpaired) electrons. The lowest BCUT2D eigenvalue weighted by Gasteiger charge is -2.21. The summed E-state index contributed by atoms with van der Waals surface area (Å²) in [6.07, 6.45) is 3.16. The molecule has 0 spiro atoms. The van der Waals surface area contributed by atoms with E-state index in [9.17, 15) is 9.90 Å². The second kappa shape index (κ2) is 12.3. The van der Waals surface area contributed by atoms with Crippen molar-refractivity contribution in [2.75, 3.05) is 25.6 Å². The molecule has 2 atom stereocenters. The van der Waals surface area contributed by atoms with Gasteiger partial charge in [0.1, 0.15) is 5.82 Å². The monoisotopic (exact) mass is 448 g/mol. The van der Waals surface area contributed by atoms with Crippen LogP contribution in [0.2, 0.25) is 0 Å². The van der Waals surface area contributed by atoms with Crippen LogP contribution < -0.4 is 19.9 Å². The Labute approximate surface area is 189 Å². The number of carbonyl (C=O) groups is 1. The van der Waals surface area contributed by atoms with Crippen LogP contribution in [-0.4, -0.2) is 41.1 Å². The molecule has 8 heteroatoms. The fraction of sp³-hybridized carbons (Fsp3) is 0.478. The van der Waals surface area contributed by atoms with Crippen LogP contribution >= 0.6 is 12.6 Å². The number of anilines is 1. The van der Waals surface area contributed by atoms with Gasteiger partial charge in [-0.3, -0.25) is 4.79 Å². The molecule has 0 aliphatic carbocycles. The first-order valence-corrected chi connectivity index (χ1v) is 11.1. The van der Waals surface area contributed by atoms with E-state index in [1.165, 1.54) is 0 Å². The molecule has 0 amide bonds. The molecule has 1 aromatic heterocycles. The SMILES string of the molecule is CCOc1cc(CCC(S)C(Cc2ccc(N)nc2)C(=O)O)cc(OCC)c1OCC. The van der Waals surface area contributed by atoms with Crippen LogP contribution in [0.4, 0.5) is 5.82 Å². The minimum Gasteiger partial charge on any atom is -0.490 e. The Bertz CT molecular complexity index is 817. The van der Waals surface area contributed by atoms with Crippen molar-refractivity contribution in [1.29, 1.82) is 0 Å². The molecule has 2 unspecified atom stereocenters. The summed E-state index contributed by atoms with van der Waals surface area (Å²) in [6.45, 7) is 7.24. The summed E-state index contributed by atoms with van der Waals surface area (Å²) in [4.78, 5) is 15.9. The lowest BCUT2D eigenvalue weighted by Crippen LogP contribution is -2.27. The number of hydrogen-bond acceptors (Lipinski definition) is 7. The lowest BCUT2D eigenvalue weighted by molar-refractivity contribution is -0.141. The van der Waals surface area contributed by atoms with Gasteiger partial charge in [0.2, 0.25) is 5.75 Å². The normalized spacial score (nSPS) is 12.8. The van der Waals surface area contributed by atoms with Crippen molar-refractivity contribution in [3.63, 3.8) is 0 Å². The summed E-state index contributed by atoms with van der Waals surface area (Å²) in [5, 5.41) is 9.39. The molecule has 31 heavy (non-hydrogen) atoms. The van der Waals surface area contributed by atoms with E-state index in [2.05, 4.69) is 17.6 Å². The number of nitrogens with zero attached hydrogens (tertiary/aromatic N) is 1. The zero-order valence-corrected chi connectivity index (χ0v) is 19.2. The quantitative estimate of drug-likeness (QED) is 0.397. The van der Waals surface area contributed by atoms with E-state index in [1.807, 2.05) is 32.9 Å².